The molecule has 8 heteroatoms. The van der Waals surface area contributed by atoms with Crippen LogP contribution in [-0.2, 0) is 13.6 Å². The molecule has 0 fully saturated rings. The minimum Gasteiger partial charge on any atom is -0.384 e. The Kier molecular flexibility index (Phi) is 3.79. The van der Waals surface area contributed by atoms with Crippen LogP contribution in [0.3, 0.4) is 0 Å². The summed E-state index contributed by atoms with van der Waals surface area (Å²) in [7, 11) is 1.75. The first-order valence-corrected chi connectivity index (χ1v) is 6.64. The number of nitrogens with one attached hydrogen (secondary N) is 1. The second-order valence-electron chi connectivity index (χ2n) is 4.50. The number of rotatable bonds is 4. The predicted octanol–water partition coefficient (Wildman–Crippen LogP) is 0.907. The van der Waals surface area contributed by atoms with Gasteiger partial charge in [0, 0.05) is 19.2 Å². The van der Waals surface area contributed by atoms with E-state index in [-0.39, 0.29) is 11.8 Å². The maximum Gasteiger partial charge on any atom is 0.265 e. The highest BCUT2D eigenvalue weighted by Crippen LogP contribution is 2.19. The Morgan fingerprint density at radius 2 is 2.32 bits per heavy atom. The summed E-state index contributed by atoms with van der Waals surface area (Å²) in [6.45, 7) is 4.30. The summed E-state index contributed by atoms with van der Waals surface area (Å²) in [6.07, 6.45) is 1.64. The molecule has 0 radical (unpaired) electrons. The fraction of sp³-hybridized carbons (Fsp3) is 0.455. The Hall–Kier alpha value is -1.96. The molecule has 0 atom stereocenters. The van der Waals surface area contributed by atoms with Crippen molar-refractivity contribution in [2.24, 2.45) is 7.05 Å². The molecule has 0 unspecified atom stereocenters. The van der Waals surface area contributed by atoms with E-state index in [1.165, 1.54) is 0 Å². The summed E-state index contributed by atoms with van der Waals surface area (Å²) in [5.41, 5.74) is 7.33. The second kappa shape index (κ2) is 5.35. The predicted molar refractivity (Wildman–Crippen MR) is 72.8 cm³/mol. The van der Waals surface area contributed by atoms with Gasteiger partial charge in [-0.15, -0.1) is 5.10 Å². The topological polar surface area (TPSA) is 98.7 Å². The maximum absolute atomic E-state index is 12.1. The van der Waals surface area contributed by atoms with Crippen molar-refractivity contribution in [1.82, 2.24) is 24.7 Å². The van der Waals surface area contributed by atoms with Crippen LogP contribution in [0, 0.1) is 0 Å². The molecule has 2 heterocycles. The first kappa shape index (κ1) is 13.5. The number of nitrogen functional groups attached to an aromatic ring is 1. The summed E-state index contributed by atoms with van der Waals surface area (Å²) in [5, 5.41) is 10.8. The highest BCUT2D eigenvalue weighted by Gasteiger charge is 2.18. The van der Waals surface area contributed by atoms with Crippen LogP contribution < -0.4 is 11.1 Å². The minimum absolute atomic E-state index is 0.169. The van der Waals surface area contributed by atoms with Gasteiger partial charge in [0.1, 0.15) is 10.7 Å². The van der Waals surface area contributed by atoms with Crippen molar-refractivity contribution in [1.29, 1.82) is 0 Å². The third-order valence-corrected chi connectivity index (χ3v) is 3.51. The van der Waals surface area contributed by atoms with Crippen molar-refractivity contribution in [2.45, 2.75) is 26.3 Å². The number of amides is 1. The molecule has 102 valence electrons. The summed E-state index contributed by atoms with van der Waals surface area (Å²) < 4.78 is 5.40. The smallest absolute Gasteiger partial charge is 0.265 e. The van der Waals surface area contributed by atoms with Gasteiger partial charge in [-0.05, 0) is 17.5 Å². The molecule has 0 aromatic carbocycles. The Bertz CT molecular complexity index is 588. The van der Waals surface area contributed by atoms with E-state index in [0.29, 0.717) is 17.2 Å². The van der Waals surface area contributed by atoms with E-state index in [1.54, 1.807) is 17.9 Å². The number of hydrogen-bond acceptors (Lipinski definition) is 6. The van der Waals surface area contributed by atoms with Crippen LogP contribution in [0.2, 0.25) is 0 Å². The van der Waals surface area contributed by atoms with Gasteiger partial charge in [-0.1, -0.05) is 18.3 Å². The van der Waals surface area contributed by atoms with E-state index in [1.807, 2.05) is 13.8 Å². The lowest BCUT2D eigenvalue weighted by Gasteiger charge is -2.05. The Labute approximate surface area is 115 Å². The number of aromatic nitrogens is 4. The van der Waals surface area contributed by atoms with E-state index in [4.69, 9.17) is 5.73 Å². The molecule has 3 N–H and O–H groups in total. The number of carbonyl (C=O) groups is 1. The van der Waals surface area contributed by atoms with Crippen LogP contribution in [0.5, 0.6) is 0 Å². The van der Waals surface area contributed by atoms with Gasteiger partial charge < -0.3 is 11.1 Å². The highest BCUT2D eigenvalue weighted by molar-refractivity contribution is 7.08. The van der Waals surface area contributed by atoms with Gasteiger partial charge in [-0.2, -0.15) is 5.10 Å². The average Bonchev–Trinajstić information content (AvgIpc) is 2.96. The van der Waals surface area contributed by atoms with Gasteiger partial charge in [0.15, 0.2) is 0 Å². The molecule has 2 rings (SSSR count). The lowest BCUT2D eigenvalue weighted by molar-refractivity contribution is 0.0953. The molecule has 1 amide bonds. The molecule has 0 saturated carbocycles. The fourth-order valence-electron chi connectivity index (χ4n) is 1.62. The van der Waals surface area contributed by atoms with Gasteiger partial charge in [0.25, 0.3) is 5.91 Å². The third-order valence-electron chi connectivity index (χ3n) is 2.77. The summed E-state index contributed by atoms with van der Waals surface area (Å²) in [6, 6.07) is 0. The van der Waals surface area contributed by atoms with Gasteiger partial charge in [-0.3, -0.25) is 9.48 Å². The van der Waals surface area contributed by atoms with Crippen LogP contribution in [0.1, 0.15) is 40.7 Å². The molecule has 7 nitrogen and oxygen atoms in total. The van der Waals surface area contributed by atoms with Crippen LogP contribution in [0.4, 0.5) is 5.82 Å². The average molecular weight is 280 g/mol. The summed E-state index contributed by atoms with van der Waals surface area (Å²) >= 11 is 1.11. The Morgan fingerprint density at radius 1 is 1.58 bits per heavy atom. The van der Waals surface area contributed by atoms with Crippen LogP contribution in [-0.4, -0.2) is 25.3 Å². The monoisotopic (exact) mass is 280 g/mol. The first-order valence-electron chi connectivity index (χ1n) is 5.87. The van der Waals surface area contributed by atoms with Crippen molar-refractivity contribution >= 4 is 23.3 Å². The quantitative estimate of drug-likeness (QED) is 0.867. The van der Waals surface area contributed by atoms with Crippen molar-refractivity contribution in [2.75, 3.05) is 5.73 Å². The van der Waals surface area contributed by atoms with E-state index >= 15 is 0 Å². The van der Waals surface area contributed by atoms with E-state index < -0.39 is 0 Å². The number of carbonyl (C=O) groups excluding carboxylic acids is 1. The number of aryl methyl sites for hydroxylation is 1. The third kappa shape index (κ3) is 2.73. The van der Waals surface area contributed by atoms with E-state index in [9.17, 15) is 4.79 Å². The van der Waals surface area contributed by atoms with Crippen LogP contribution in [0.25, 0.3) is 0 Å². The molecule has 0 spiro atoms. The van der Waals surface area contributed by atoms with Gasteiger partial charge in [0.2, 0.25) is 0 Å². The highest BCUT2D eigenvalue weighted by atomic mass is 32.1. The van der Waals surface area contributed by atoms with E-state index in [2.05, 4.69) is 20.0 Å². The SMILES string of the molecule is CC(C)c1nnsc1C(=O)NCc1cnn(C)c1N. The van der Waals surface area contributed by atoms with E-state index in [0.717, 1.165) is 22.8 Å². The van der Waals surface area contributed by atoms with Crippen molar-refractivity contribution in [3.63, 3.8) is 0 Å². The normalized spacial score (nSPS) is 10.9. The number of anilines is 1. The van der Waals surface area contributed by atoms with Gasteiger partial charge >= 0.3 is 0 Å². The summed E-state index contributed by atoms with van der Waals surface area (Å²) in [4.78, 5) is 12.6. The molecule has 0 bridgehead atoms. The molecule has 0 aliphatic heterocycles. The zero-order valence-corrected chi connectivity index (χ0v) is 11.9. The second-order valence-corrected chi connectivity index (χ2v) is 5.26. The molecule has 0 saturated heterocycles. The minimum atomic E-state index is -0.179. The molecule has 19 heavy (non-hydrogen) atoms. The van der Waals surface area contributed by atoms with Crippen LogP contribution >= 0.6 is 11.5 Å². The largest absolute Gasteiger partial charge is 0.384 e. The first-order chi connectivity index (χ1) is 9.00. The zero-order valence-electron chi connectivity index (χ0n) is 11.0. The number of nitrogens with zero attached hydrogens (tertiary/aromatic N) is 4. The molecule has 2 aromatic heterocycles. The zero-order chi connectivity index (χ0) is 14.0. The molecule has 2 aromatic rings. The standard InChI is InChI=1S/C11H16N6OS/c1-6(2)8-9(19-16-15-8)11(18)13-4-7-5-14-17(3)10(7)12/h5-6H,4,12H2,1-3H3,(H,13,18). The molecular formula is C11H16N6OS. The van der Waals surface area contributed by atoms with Crippen molar-refractivity contribution in [3.05, 3.63) is 22.3 Å². The van der Waals surface area contributed by atoms with Gasteiger partial charge in [0.05, 0.1) is 11.9 Å². The lowest BCUT2D eigenvalue weighted by atomic mass is 10.1. The number of nitrogens with two attached hydrogens (primary N) is 1. The maximum atomic E-state index is 12.1. The lowest BCUT2D eigenvalue weighted by Crippen LogP contribution is -2.23. The Morgan fingerprint density at radius 3 is 2.89 bits per heavy atom. The molecule has 0 aliphatic rings. The molecular weight excluding hydrogens is 264 g/mol. The fourth-order valence-corrected chi connectivity index (χ4v) is 2.35. The summed E-state index contributed by atoms with van der Waals surface area (Å²) in [5.74, 6) is 0.539. The van der Waals surface area contributed by atoms with Crippen molar-refractivity contribution in [3.8, 4) is 0 Å². The van der Waals surface area contributed by atoms with Crippen LogP contribution in [0.15, 0.2) is 6.20 Å². The van der Waals surface area contributed by atoms with Gasteiger partial charge in [-0.25, -0.2) is 0 Å². The Balaban J connectivity index is 2.06. The molecule has 0 aliphatic carbocycles. The number of hydrogen-bond donors (Lipinski definition) is 2. The van der Waals surface area contributed by atoms with Crippen molar-refractivity contribution < 1.29 is 4.79 Å².